The van der Waals surface area contributed by atoms with Crippen molar-refractivity contribution in [3.63, 3.8) is 0 Å². The first-order valence-electron chi connectivity index (χ1n) is 7.63. The Kier molecular flexibility index (Phi) is 4.34. The van der Waals surface area contributed by atoms with Crippen LogP contribution in [0, 0.1) is 6.92 Å². The van der Waals surface area contributed by atoms with E-state index in [9.17, 15) is 14.4 Å². The van der Waals surface area contributed by atoms with E-state index in [1.54, 1.807) is 0 Å². The Hall–Kier alpha value is -3.42. The second kappa shape index (κ2) is 6.60. The second-order valence-corrected chi connectivity index (χ2v) is 5.64. The lowest BCUT2D eigenvalue weighted by Gasteiger charge is -2.04. The summed E-state index contributed by atoms with van der Waals surface area (Å²) in [6.45, 7) is 2.44. The summed E-state index contributed by atoms with van der Waals surface area (Å²) in [5.74, 6) is -1.76. The number of rotatable bonds is 5. The van der Waals surface area contributed by atoms with Gasteiger partial charge in [0.2, 0.25) is 0 Å². The summed E-state index contributed by atoms with van der Waals surface area (Å²) in [6.07, 6.45) is 1.65. The van der Waals surface area contributed by atoms with E-state index in [0.717, 1.165) is 16.3 Å². The van der Waals surface area contributed by atoms with E-state index in [-0.39, 0.29) is 11.3 Å². The number of hydrogen-bond acceptors (Lipinski definition) is 4. The van der Waals surface area contributed by atoms with Crippen LogP contribution < -0.4 is 10.9 Å². The molecular weight excluding hydrogens is 324 g/mol. The summed E-state index contributed by atoms with van der Waals surface area (Å²) in [5.41, 5.74) is 1.35. The number of nitrogens with one attached hydrogen (secondary N) is 2. The molecule has 128 valence electrons. The number of amides is 1. The fraction of sp³-hybridized carbons (Fsp3) is 0.176. The van der Waals surface area contributed by atoms with Crippen molar-refractivity contribution >= 4 is 17.5 Å². The molecule has 3 rings (SSSR count). The molecule has 0 spiro atoms. The van der Waals surface area contributed by atoms with Gasteiger partial charge in [0, 0.05) is 18.8 Å². The van der Waals surface area contributed by atoms with E-state index in [0.29, 0.717) is 13.0 Å². The lowest BCUT2D eigenvalue weighted by Crippen LogP contribution is -2.27. The van der Waals surface area contributed by atoms with Gasteiger partial charge in [0.1, 0.15) is 11.3 Å². The largest absolute Gasteiger partial charge is 0.477 e. The average Bonchev–Trinajstić information content (AvgIpc) is 3.02. The number of aryl methyl sites for hydroxylation is 1. The molecule has 0 aliphatic carbocycles. The zero-order chi connectivity index (χ0) is 18.0. The molecule has 1 aromatic carbocycles. The molecule has 0 fully saturated rings. The Labute approximate surface area is 142 Å². The molecule has 0 unspecified atom stereocenters. The molecule has 2 heterocycles. The Morgan fingerprint density at radius 1 is 1.28 bits per heavy atom. The van der Waals surface area contributed by atoms with Crippen LogP contribution in [0.5, 0.6) is 0 Å². The number of carboxylic acids is 1. The van der Waals surface area contributed by atoms with Gasteiger partial charge in [0.25, 0.3) is 11.5 Å². The number of aromatic carboxylic acids is 1. The van der Waals surface area contributed by atoms with Crippen molar-refractivity contribution in [1.82, 2.24) is 19.9 Å². The van der Waals surface area contributed by atoms with Gasteiger partial charge < -0.3 is 10.4 Å². The van der Waals surface area contributed by atoms with Gasteiger partial charge in [-0.15, -0.1) is 0 Å². The van der Waals surface area contributed by atoms with Crippen LogP contribution >= 0.6 is 0 Å². The smallest absolute Gasteiger partial charge is 0.343 e. The lowest BCUT2D eigenvalue weighted by molar-refractivity contribution is 0.0694. The number of carbonyl (C=O) groups is 2. The standard InChI is InChI=1S/C17H16N4O4/c1-10-2-4-11(5-3-10)6-7-18-15(22)13-8-14-19-9-12(17(24)25)16(23)21(14)20-13/h2-5,8-9,20H,6-7H2,1H3,(H,18,22)(H,24,25). The molecule has 0 saturated heterocycles. The van der Waals surface area contributed by atoms with Crippen LogP contribution in [0.3, 0.4) is 0 Å². The molecule has 8 heteroatoms. The number of fused-ring (bicyclic) bond motifs is 1. The summed E-state index contributed by atoms with van der Waals surface area (Å²) < 4.78 is 0.943. The first-order valence-corrected chi connectivity index (χ1v) is 7.63. The maximum atomic E-state index is 12.2. The van der Waals surface area contributed by atoms with E-state index in [1.165, 1.54) is 11.6 Å². The fourth-order valence-corrected chi connectivity index (χ4v) is 2.39. The fourth-order valence-electron chi connectivity index (χ4n) is 2.39. The van der Waals surface area contributed by atoms with Gasteiger partial charge in [-0.2, -0.15) is 0 Å². The van der Waals surface area contributed by atoms with Gasteiger partial charge in [0.05, 0.1) is 0 Å². The Morgan fingerprint density at radius 3 is 2.68 bits per heavy atom. The zero-order valence-corrected chi connectivity index (χ0v) is 13.4. The maximum Gasteiger partial charge on any atom is 0.343 e. The quantitative estimate of drug-likeness (QED) is 0.641. The van der Waals surface area contributed by atoms with E-state index >= 15 is 0 Å². The molecular formula is C17H16N4O4. The highest BCUT2D eigenvalue weighted by molar-refractivity contribution is 5.93. The maximum absolute atomic E-state index is 12.2. The SMILES string of the molecule is Cc1ccc(CCNC(=O)c2cc3ncc(C(=O)O)c(=O)n3[nH]2)cc1. The van der Waals surface area contributed by atoms with Gasteiger partial charge >= 0.3 is 5.97 Å². The van der Waals surface area contributed by atoms with Crippen LogP contribution in [0.15, 0.2) is 41.3 Å². The first-order chi connectivity index (χ1) is 12.0. The minimum Gasteiger partial charge on any atom is -0.477 e. The van der Waals surface area contributed by atoms with E-state index in [4.69, 9.17) is 5.11 Å². The number of benzene rings is 1. The molecule has 8 nitrogen and oxygen atoms in total. The Bertz CT molecular complexity index is 1000. The minimum atomic E-state index is -1.37. The zero-order valence-electron chi connectivity index (χ0n) is 13.4. The molecule has 0 aliphatic heterocycles. The third-order valence-electron chi connectivity index (χ3n) is 3.79. The van der Waals surface area contributed by atoms with Crippen LogP contribution in [-0.4, -0.2) is 38.1 Å². The normalized spacial score (nSPS) is 10.8. The highest BCUT2D eigenvalue weighted by atomic mass is 16.4. The summed E-state index contributed by atoms with van der Waals surface area (Å²) in [4.78, 5) is 39.0. The van der Waals surface area contributed by atoms with Crippen molar-refractivity contribution in [3.8, 4) is 0 Å². The highest BCUT2D eigenvalue weighted by Gasteiger charge is 2.15. The van der Waals surface area contributed by atoms with E-state index in [2.05, 4.69) is 15.4 Å². The molecule has 3 aromatic rings. The predicted octanol–water partition coefficient (Wildman–Crippen LogP) is 1.00. The van der Waals surface area contributed by atoms with Crippen LogP contribution in [0.25, 0.3) is 5.65 Å². The molecule has 1 amide bonds. The lowest BCUT2D eigenvalue weighted by atomic mass is 10.1. The summed E-state index contributed by atoms with van der Waals surface area (Å²) in [6, 6.07) is 9.41. The van der Waals surface area contributed by atoms with Crippen LogP contribution in [0.1, 0.15) is 32.0 Å². The van der Waals surface area contributed by atoms with Gasteiger partial charge in [-0.05, 0) is 18.9 Å². The molecule has 0 radical (unpaired) electrons. The van der Waals surface area contributed by atoms with Gasteiger partial charge in [-0.1, -0.05) is 29.8 Å². The first kappa shape index (κ1) is 16.4. The molecule has 25 heavy (non-hydrogen) atoms. The van der Waals surface area contributed by atoms with Crippen molar-refractivity contribution in [2.45, 2.75) is 13.3 Å². The number of carboxylic acid groups (broad SMARTS) is 1. The number of H-pyrrole nitrogens is 1. The molecule has 0 aliphatic rings. The third kappa shape index (κ3) is 3.42. The Morgan fingerprint density at radius 2 is 2.00 bits per heavy atom. The number of aromatic nitrogens is 3. The van der Waals surface area contributed by atoms with E-state index < -0.39 is 23.0 Å². The molecule has 0 saturated carbocycles. The van der Waals surface area contributed by atoms with Crippen molar-refractivity contribution in [1.29, 1.82) is 0 Å². The summed E-state index contributed by atoms with van der Waals surface area (Å²) >= 11 is 0. The highest BCUT2D eigenvalue weighted by Crippen LogP contribution is 2.05. The van der Waals surface area contributed by atoms with Crippen molar-refractivity contribution < 1.29 is 14.7 Å². The van der Waals surface area contributed by atoms with Gasteiger partial charge in [0.15, 0.2) is 5.65 Å². The number of hydrogen-bond donors (Lipinski definition) is 3. The molecule has 2 aromatic heterocycles. The topological polar surface area (TPSA) is 117 Å². The van der Waals surface area contributed by atoms with Crippen LogP contribution in [0.2, 0.25) is 0 Å². The van der Waals surface area contributed by atoms with Crippen LogP contribution in [0.4, 0.5) is 0 Å². The third-order valence-corrected chi connectivity index (χ3v) is 3.79. The summed E-state index contributed by atoms with van der Waals surface area (Å²) in [5, 5.41) is 14.3. The van der Waals surface area contributed by atoms with Gasteiger partial charge in [-0.3, -0.25) is 14.7 Å². The van der Waals surface area contributed by atoms with Crippen LogP contribution in [-0.2, 0) is 6.42 Å². The second-order valence-electron chi connectivity index (χ2n) is 5.64. The van der Waals surface area contributed by atoms with Gasteiger partial charge in [-0.25, -0.2) is 14.3 Å². The minimum absolute atomic E-state index is 0.135. The number of carbonyl (C=O) groups excluding carboxylic acids is 1. The van der Waals surface area contributed by atoms with Crippen molar-refractivity contribution in [3.05, 3.63) is 69.3 Å². The number of aromatic amines is 1. The van der Waals surface area contributed by atoms with E-state index in [1.807, 2.05) is 31.2 Å². The van der Waals surface area contributed by atoms with Crippen molar-refractivity contribution in [2.75, 3.05) is 6.54 Å². The molecule has 3 N–H and O–H groups in total. The monoisotopic (exact) mass is 340 g/mol. The molecule has 0 bridgehead atoms. The molecule has 0 atom stereocenters. The average molecular weight is 340 g/mol. The Balaban J connectivity index is 1.72. The van der Waals surface area contributed by atoms with Crippen molar-refractivity contribution in [2.24, 2.45) is 0 Å². The summed E-state index contributed by atoms with van der Waals surface area (Å²) in [7, 11) is 0. The predicted molar refractivity (Wildman–Crippen MR) is 90.0 cm³/mol. The number of nitrogens with zero attached hydrogens (tertiary/aromatic N) is 2.